The van der Waals surface area contributed by atoms with E-state index in [9.17, 15) is 0 Å². The van der Waals surface area contributed by atoms with Gasteiger partial charge in [0.15, 0.2) is 0 Å². The average molecular weight is 324 g/mol. The summed E-state index contributed by atoms with van der Waals surface area (Å²) in [5, 5.41) is 0. The molecule has 0 aliphatic rings. The summed E-state index contributed by atoms with van der Waals surface area (Å²) >= 11 is 0. The van der Waals surface area contributed by atoms with Crippen LogP contribution in [-0.4, -0.2) is 19.9 Å². The minimum Gasteiger partial charge on any atom is -0.338 e. The lowest BCUT2D eigenvalue weighted by molar-refractivity contribution is 1.30. The van der Waals surface area contributed by atoms with E-state index in [0.29, 0.717) is 0 Å². The van der Waals surface area contributed by atoms with Crippen LogP contribution in [0, 0.1) is 6.92 Å². The molecule has 0 amide bonds. The Morgan fingerprint density at radius 3 is 1.60 bits per heavy atom. The Bertz CT molecular complexity index is 1050. The Morgan fingerprint density at radius 1 is 0.640 bits per heavy atom. The van der Waals surface area contributed by atoms with E-state index in [1.54, 1.807) is 0 Å². The Balaban J connectivity index is 1.66. The minimum absolute atomic E-state index is 0.877. The number of H-pyrrole nitrogens is 2. The van der Waals surface area contributed by atoms with Gasteiger partial charge in [-0.1, -0.05) is 24.3 Å². The number of aromatic nitrogens is 4. The summed E-state index contributed by atoms with van der Waals surface area (Å²) in [4.78, 5) is 16.2. The zero-order chi connectivity index (χ0) is 16.8. The maximum absolute atomic E-state index is 4.72. The molecule has 0 saturated heterocycles. The molecule has 0 unspecified atom stereocenters. The van der Waals surface area contributed by atoms with E-state index in [1.165, 1.54) is 5.56 Å². The number of rotatable bonds is 2. The zero-order valence-electron chi connectivity index (χ0n) is 13.7. The summed E-state index contributed by atoms with van der Waals surface area (Å²) in [6.07, 6.45) is 0. The first-order valence-corrected chi connectivity index (χ1v) is 8.28. The van der Waals surface area contributed by atoms with Gasteiger partial charge in [0, 0.05) is 11.1 Å². The summed E-state index contributed by atoms with van der Waals surface area (Å²) in [6.45, 7) is 2.10. The first-order chi connectivity index (χ1) is 12.3. The van der Waals surface area contributed by atoms with Crippen molar-refractivity contribution in [2.75, 3.05) is 0 Å². The molecule has 2 heterocycles. The summed E-state index contributed by atoms with van der Waals surface area (Å²) in [7, 11) is 0. The van der Waals surface area contributed by atoms with Gasteiger partial charge in [0.25, 0.3) is 0 Å². The number of hydrogen-bond donors (Lipinski definition) is 2. The Morgan fingerprint density at radius 2 is 1.12 bits per heavy atom. The van der Waals surface area contributed by atoms with Crippen LogP contribution in [0.5, 0.6) is 0 Å². The van der Waals surface area contributed by atoms with Crippen molar-refractivity contribution in [2.24, 2.45) is 0 Å². The van der Waals surface area contributed by atoms with Crippen molar-refractivity contribution in [2.45, 2.75) is 6.92 Å². The fourth-order valence-corrected chi connectivity index (χ4v) is 3.24. The molecule has 0 bridgehead atoms. The molecule has 0 spiro atoms. The third kappa shape index (κ3) is 2.39. The molecule has 120 valence electrons. The number of benzene rings is 3. The van der Waals surface area contributed by atoms with Crippen molar-refractivity contribution in [1.82, 2.24) is 19.9 Å². The van der Waals surface area contributed by atoms with E-state index >= 15 is 0 Å². The van der Waals surface area contributed by atoms with Crippen molar-refractivity contribution in [3.05, 3.63) is 72.3 Å². The van der Waals surface area contributed by atoms with Crippen LogP contribution in [0.3, 0.4) is 0 Å². The SMILES string of the molecule is Cc1cc(-c2nc3ccccc3[nH]2)cc(-c2nc3ccccc3[nH]2)c1. The molecular weight excluding hydrogens is 308 g/mol. The summed E-state index contributed by atoms with van der Waals surface area (Å²) in [5.41, 5.74) is 7.34. The topological polar surface area (TPSA) is 57.4 Å². The predicted molar refractivity (Wildman–Crippen MR) is 101 cm³/mol. The van der Waals surface area contributed by atoms with Gasteiger partial charge in [-0.05, 0) is 55.0 Å². The molecule has 5 aromatic rings. The highest BCUT2D eigenvalue weighted by Crippen LogP contribution is 2.28. The van der Waals surface area contributed by atoms with Gasteiger partial charge >= 0.3 is 0 Å². The quantitative estimate of drug-likeness (QED) is 0.475. The summed E-state index contributed by atoms with van der Waals surface area (Å²) in [6, 6.07) is 22.6. The van der Waals surface area contributed by atoms with Gasteiger partial charge in [-0.2, -0.15) is 0 Å². The average Bonchev–Trinajstić information content (AvgIpc) is 3.25. The van der Waals surface area contributed by atoms with Crippen LogP contribution in [0.15, 0.2) is 66.7 Å². The molecule has 0 saturated carbocycles. The number of nitrogens with zero attached hydrogens (tertiary/aromatic N) is 2. The van der Waals surface area contributed by atoms with Crippen molar-refractivity contribution < 1.29 is 0 Å². The fourth-order valence-electron chi connectivity index (χ4n) is 3.24. The normalized spacial score (nSPS) is 11.4. The second-order valence-corrected chi connectivity index (χ2v) is 6.29. The van der Waals surface area contributed by atoms with E-state index in [-0.39, 0.29) is 0 Å². The van der Waals surface area contributed by atoms with Crippen molar-refractivity contribution in [1.29, 1.82) is 0 Å². The van der Waals surface area contributed by atoms with E-state index in [0.717, 1.165) is 44.8 Å². The van der Waals surface area contributed by atoms with E-state index in [4.69, 9.17) is 9.97 Å². The van der Waals surface area contributed by atoms with Crippen molar-refractivity contribution in [3.8, 4) is 22.8 Å². The van der Waals surface area contributed by atoms with Gasteiger partial charge in [0.05, 0.1) is 22.1 Å². The molecular formula is C21H16N4. The van der Waals surface area contributed by atoms with Gasteiger partial charge in [0.1, 0.15) is 11.6 Å². The largest absolute Gasteiger partial charge is 0.338 e. The highest BCUT2D eigenvalue weighted by molar-refractivity contribution is 5.82. The van der Waals surface area contributed by atoms with Gasteiger partial charge < -0.3 is 9.97 Å². The van der Waals surface area contributed by atoms with Crippen molar-refractivity contribution in [3.63, 3.8) is 0 Å². The molecule has 0 fully saturated rings. The Labute approximate surface area is 144 Å². The molecule has 25 heavy (non-hydrogen) atoms. The number of aryl methyl sites for hydroxylation is 1. The van der Waals surface area contributed by atoms with Gasteiger partial charge in [0.2, 0.25) is 0 Å². The van der Waals surface area contributed by atoms with Crippen LogP contribution in [-0.2, 0) is 0 Å². The molecule has 4 nitrogen and oxygen atoms in total. The number of imidazole rings is 2. The molecule has 2 aromatic heterocycles. The molecule has 4 heteroatoms. The lowest BCUT2D eigenvalue weighted by Gasteiger charge is -2.04. The van der Waals surface area contributed by atoms with Crippen LogP contribution in [0.1, 0.15) is 5.56 Å². The second-order valence-electron chi connectivity index (χ2n) is 6.29. The number of para-hydroxylation sites is 4. The Hall–Kier alpha value is -3.40. The zero-order valence-corrected chi connectivity index (χ0v) is 13.7. The van der Waals surface area contributed by atoms with Crippen LogP contribution in [0.25, 0.3) is 44.8 Å². The number of aromatic amines is 2. The van der Waals surface area contributed by atoms with Crippen LogP contribution in [0.4, 0.5) is 0 Å². The third-order valence-electron chi connectivity index (χ3n) is 4.40. The lowest BCUT2D eigenvalue weighted by atomic mass is 10.1. The second kappa shape index (κ2) is 5.31. The van der Waals surface area contributed by atoms with E-state index in [1.807, 2.05) is 48.5 Å². The lowest BCUT2D eigenvalue weighted by Crippen LogP contribution is -1.87. The molecule has 0 radical (unpaired) electrons. The van der Waals surface area contributed by atoms with E-state index < -0.39 is 0 Å². The van der Waals surface area contributed by atoms with Gasteiger partial charge in [-0.25, -0.2) is 9.97 Å². The summed E-state index contributed by atoms with van der Waals surface area (Å²) in [5.74, 6) is 1.75. The molecule has 0 atom stereocenters. The minimum atomic E-state index is 0.877. The highest BCUT2D eigenvalue weighted by atomic mass is 14.9. The van der Waals surface area contributed by atoms with Crippen LogP contribution < -0.4 is 0 Å². The number of fused-ring (bicyclic) bond motifs is 2. The predicted octanol–water partition coefficient (Wildman–Crippen LogP) is 5.08. The summed E-state index contributed by atoms with van der Waals surface area (Å²) < 4.78 is 0. The molecule has 0 aliphatic heterocycles. The monoisotopic (exact) mass is 324 g/mol. The third-order valence-corrected chi connectivity index (χ3v) is 4.40. The standard InChI is InChI=1S/C21H16N4/c1-13-10-14(20-22-16-6-2-3-7-17(16)23-20)12-15(11-13)21-24-18-8-4-5-9-19(18)25-21/h2-12H,1H3,(H,22,23)(H,24,25). The van der Waals surface area contributed by atoms with Crippen LogP contribution >= 0.6 is 0 Å². The molecule has 0 aliphatic carbocycles. The highest BCUT2D eigenvalue weighted by Gasteiger charge is 2.10. The van der Waals surface area contributed by atoms with E-state index in [2.05, 4.69) is 35.1 Å². The number of nitrogens with one attached hydrogen (secondary N) is 2. The first kappa shape index (κ1) is 14.0. The molecule has 2 N–H and O–H groups in total. The Kier molecular flexibility index (Phi) is 2.97. The maximum Gasteiger partial charge on any atom is 0.138 e. The first-order valence-electron chi connectivity index (χ1n) is 8.28. The van der Waals surface area contributed by atoms with Gasteiger partial charge in [-0.3, -0.25) is 0 Å². The molecule has 5 rings (SSSR count). The smallest absolute Gasteiger partial charge is 0.138 e. The van der Waals surface area contributed by atoms with Crippen molar-refractivity contribution >= 4 is 22.1 Å². The number of hydrogen-bond acceptors (Lipinski definition) is 2. The van der Waals surface area contributed by atoms with Crippen LogP contribution in [0.2, 0.25) is 0 Å². The molecule has 3 aromatic carbocycles. The maximum atomic E-state index is 4.72. The van der Waals surface area contributed by atoms with Gasteiger partial charge in [-0.15, -0.1) is 0 Å². The fraction of sp³-hybridized carbons (Fsp3) is 0.0476.